The minimum Gasteiger partial charge on any atom is -0.495 e. The Morgan fingerprint density at radius 3 is 2.63 bits per heavy atom. The molecule has 0 bridgehead atoms. The van der Waals surface area contributed by atoms with Gasteiger partial charge in [0.1, 0.15) is 11.6 Å². The molecule has 0 aliphatic heterocycles. The van der Waals surface area contributed by atoms with E-state index >= 15 is 0 Å². The molecule has 6 heteroatoms. The van der Waals surface area contributed by atoms with E-state index in [1.807, 2.05) is 0 Å². The van der Waals surface area contributed by atoms with Crippen LogP contribution in [0.5, 0.6) is 5.75 Å². The molecule has 1 heterocycles. The number of hydrogen-bond donors (Lipinski definition) is 2. The molecule has 3 N–H and O–H groups in total. The average Bonchev–Trinajstić information content (AvgIpc) is 2.38. The third kappa shape index (κ3) is 2.61. The average molecular weight is 279 g/mol. The number of nitrogen functional groups attached to an aromatic ring is 1. The molecule has 1 aromatic carbocycles. The molecule has 0 amide bonds. The van der Waals surface area contributed by atoms with Crippen molar-refractivity contribution in [3.63, 3.8) is 0 Å². The number of ether oxygens (including phenoxy) is 1. The number of nitrogens with two attached hydrogens (primary N) is 1. The summed E-state index contributed by atoms with van der Waals surface area (Å²) in [5.41, 5.74) is 7.03. The summed E-state index contributed by atoms with van der Waals surface area (Å²) < 4.78 is 5.06. The molecule has 0 saturated carbocycles. The van der Waals surface area contributed by atoms with Gasteiger partial charge >= 0.3 is 5.97 Å². The van der Waals surface area contributed by atoms with Gasteiger partial charge in [-0.25, -0.2) is 9.78 Å². The minimum absolute atomic E-state index is 0.0964. The zero-order valence-electron chi connectivity index (χ0n) is 10.1. The molecule has 2 aromatic rings. The molecule has 0 aliphatic rings. The first-order valence-electron chi connectivity index (χ1n) is 5.36. The van der Waals surface area contributed by atoms with Crippen molar-refractivity contribution < 1.29 is 14.6 Å². The summed E-state index contributed by atoms with van der Waals surface area (Å²) in [5.74, 6) is -0.425. The first-order chi connectivity index (χ1) is 9.02. The summed E-state index contributed by atoms with van der Waals surface area (Å²) in [4.78, 5) is 14.6. The van der Waals surface area contributed by atoms with Crippen molar-refractivity contribution in [2.75, 3.05) is 12.8 Å². The quantitative estimate of drug-likeness (QED) is 0.901. The van der Waals surface area contributed by atoms with E-state index in [0.29, 0.717) is 16.3 Å². The number of hydrogen-bond acceptors (Lipinski definition) is 4. The number of aromatic carboxylic acids is 1. The van der Waals surface area contributed by atoms with Gasteiger partial charge in [0.25, 0.3) is 0 Å². The first-order valence-corrected chi connectivity index (χ1v) is 5.74. The fraction of sp³-hybridized carbons (Fsp3) is 0.0769. The van der Waals surface area contributed by atoms with E-state index in [2.05, 4.69) is 4.98 Å². The number of halogens is 1. The molecule has 0 unspecified atom stereocenters. The van der Waals surface area contributed by atoms with Gasteiger partial charge in [-0.1, -0.05) is 17.7 Å². The van der Waals surface area contributed by atoms with Crippen LogP contribution in [-0.2, 0) is 0 Å². The maximum absolute atomic E-state index is 10.8. The molecular weight excluding hydrogens is 268 g/mol. The van der Waals surface area contributed by atoms with Crippen molar-refractivity contribution in [1.82, 2.24) is 4.98 Å². The SMILES string of the molecule is COc1ccc(-c2ccc(C(=O)O)nc2N)cc1Cl. The van der Waals surface area contributed by atoms with Crippen molar-refractivity contribution in [1.29, 1.82) is 0 Å². The summed E-state index contributed by atoms with van der Waals surface area (Å²) in [7, 11) is 1.53. The number of rotatable bonds is 3. The second-order valence-electron chi connectivity index (χ2n) is 3.78. The van der Waals surface area contributed by atoms with E-state index in [0.717, 1.165) is 5.56 Å². The molecule has 0 spiro atoms. The number of anilines is 1. The van der Waals surface area contributed by atoms with E-state index in [4.69, 9.17) is 27.2 Å². The lowest BCUT2D eigenvalue weighted by molar-refractivity contribution is 0.0690. The lowest BCUT2D eigenvalue weighted by Crippen LogP contribution is -2.04. The number of carboxylic acids is 1. The lowest BCUT2D eigenvalue weighted by atomic mass is 10.1. The Labute approximate surface area is 114 Å². The van der Waals surface area contributed by atoms with E-state index < -0.39 is 5.97 Å². The van der Waals surface area contributed by atoms with Crippen LogP contribution in [0, 0.1) is 0 Å². The van der Waals surface area contributed by atoms with Gasteiger partial charge < -0.3 is 15.6 Å². The molecule has 0 fully saturated rings. The largest absolute Gasteiger partial charge is 0.495 e. The molecule has 0 saturated heterocycles. The molecule has 19 heavy (non-hydrogen) atoms. The Morgan fingerprint density at radius 2 is 2.11 bits per heavy atom. The monoisotopic (exact) mass is 278 g/mol. The minimum atomic E-state index is -1.12. The second-order valence-corrected chi connectivity index (χ2v) is 4.19. The normalized spacial score (nSPS) is 10.2. The zero-order chi connectivity index (χ0) is 14.0. The van der Waals surface area contributed by atoms with E-state index in [1.54, 1.807) is 24.3 Å². The van der Waals surface area contributed by atoms with Crippen molar-refractivity contribution in [2.45, 2.75) is 0 Å². The Balaban J connectivity index is 2.47. The summed E-state index contributed by atoms with van der Waals surface area (Å²) in [6.45, 7) is 0. The molecule has 0 aliphatic carbocycles. The van der Waals surface area contributed by atoms with Crippen molar-refractivity contribution in [3.8, 4) is 16.9 Å². The number of carboxylic acid groups (broad SMARTS) is 1. The van der Waals surface area contributed by atoms with E-state index in [1.165, 1.54) is 13.2 Å². The van der Waals surface area contributed by atoms with Crippen molar-refractivity contribution in [2.24, 2.45) is 0 Å². The Hall–Kier alpha value is -2.27. The molecule has 2 rings (SSSR count). The first kappa shape index (κ1) is 13.2. The van der Waals surface area contributed by atoms with Gasteiger partial charge in [-0.15, -0.1) is 0 Å². The van der Waals surface area contributed by atoms with Gasteiger partial charge in [0.2, 0.25) is 0 Å². The van der Waals surface area contributed by atoms with Crippen LogP contribution in [0.2, 0.25) is 5.02 Å². The fourth-order valence-electron chi connectivity index (χ4n) is 1.67. The molecule has 5 nitrogen and oxygen atoms in total. The zero-order valence-corrected chi connectivity index (χ0v) is 10.8. The Morgan fingerprint density at radius 1 is 1.37 bits per heavy atom. The van der Waals surface area contributed by atoms with Crippen LogP contribution in [0.15, 0.2) is 30.3 Å². The lowest BCUT2D eigenvalue weighted by Gasteiger charge is -2.08. The van der Waals surface area contributed by atoms with Gasteiger partial charge in [-0.2, -0.15) is 0 Å². The number of nitrogens with zero attached hydrogens (tertiary/aromatic N) is 1. The van der Waals surface area contributed by atoms with Crippen LogP contribution in [0.25, 0.3) is 11.1 Å². The van der Waals surface area contributed by atoms with Crippen molar-refractivity contribution in [3.05, 3.63) is 41.0 Å². The third-order valence-electron chi connectivity index (χ3n) is 2.61. The van der Waals surface area contributed by atoms with Gasteiger partial charge in [-0.05, 0) is 29.8 Å². The molecule has 98 valence electrons. The molecular formula is C13H11ClN2O3. The number of pyridine rings is 1. The van der Waals surface area contributed by atoms with Gasteiger partial charge in [0.05, 0.1) is 12.1 Å². The number of benzene rings is 1. The van der Waals surface area contributed by atoms with Gasteiger partial charge in [0, 0.05) is 5.56 Å². The maximum Gasteiger partial charge on any atom is 0.354 e. The predicted octanol–water partition coefficient (Wildman–Crippen LogP) is 2.69. The topological polar surface area (TPSA) is 85.4 Å². The van der Waals surface area contributed by atoms with Gasteiger partial charge in [-0.3, -0.25) is 0 Å². The van der Waals surface area contributed by atoms with Crippen molar-refractivity contribution >= 4 is 23.4 Å². The van der Waals surface area contributed by atoms with Crippen LogP contribution in [0.3, 0.4) is 0 Å². The number of methoxy groups -OCH3 is 1. The highest BCUT2D eigenvalue weighted by molar-refractivity contribution is 6.32. The highest BCUT2D eigenvalue weighted by Crippen LogP contribution is 2.32. The van der Waals surface area contributed by atoms with E-state index in [-0.39, 0.29) is 11.5 Å². The van der Waals surface area contributed by atoms with E-state index in [9.17, 15) is 4.79 Å². The summed E-state index contributed by atoms with van der Waals surface area (Å²) in [6.07, 6.45) is 0. The number of aromatic nitrogens is 1. The van der Waals surface area contributed by atoms with Crippen LogP contribution < -0.4 is 10.5 Å². The third-order valence-corrected chi connectivity index (χ3v) is 2.90. The predicted molar refractivity (Wildman–Crippen MR) is 72.6 cm³/mol. The second kappa shape index (κ2) is 5.16. The highest BCUT2D eigenvalue weighted by atomic mass is 35.5. The summed E-state index contributed by atoms with van der Waals surface area (Å²) in [6, 6.07) is 8.17. The molecule has 1 aromatic heterocycles. The highest BCUT2D eigenvalue weighted by Gasteiger charge is 2.11. The van der Waals surface area contributed by atoms with Gasteiger partial charge in [0.15, 0.2) is 5.69 Å². The maximum atomic E-state index is 10.8. The molecule has 0 atom stereocenters. The van der Waals surface area contributed by atoms with Crippen LogP contribution in [0.1, 0.15) is 10.5 Å². The standard InChI is InChI=1S/C13H11ClN2O3/c1-19-11-5-2-7(6-9(11)14)8-3-4-10(13(17)18)16-12(8)15/h2-6H,1H3,(H2,15,16)(H,17,18). The van der Waals surface area contributed by atoms with Crippen LogP contribution in [0.4, 0.5) is 5.82 Å². The van der Waals surface area contributed by atoms with Crippen LogP contribution in [-0.4, -0.2) is 23.2 Å². The fourth-order valence-corrected chi connectivity index (χ4v) is 1.93. The summed E-state index contributed by atoms with van der Waals surface area (Å²) >= 11 is 6.03. The Bertz CT molecular complexity index is 644. The summed E-state index contributed by atoms with van der Waals surface area (Å²) in [5, 5.41) is 9.27. The molecule has 0 radical (unpaired) electrons. The Kier molecular flexibility index (Phi) is 3.57. The number of carbonyl (C=O) groups is 1. The van der Waals surface area contributed by atoms with Crippen LogP contribution >= 0.6 is 11.6 Å². The smallest absolute Gasteiger partial charge is 0.354 e.